The summed E-state index contributed by atoms with van der Waals surface area (Å²) >= 11 is 0. The van der Waals surface area contributed by atoms with E-state index in [9.17, 15) is 4.79 Å². The summed E-state index contributed by atoms with van der Waals surface area (Å²) in [6.45, 7) is 6.46. The maximum absolute atomic E-state index is 12.6. The molecule has 2 aromatic carbocycles. The van der Waals surface area contributed by atoms with Gasteiger partial charge in [-0.15, -0.1) is 0 Å². The van der Waals surface area contributed by atoms with Crippen LogP contribution in [0.1, 0.15) is 28.5 Å². The molecule has 0 saturated heterocycles. The number of hydrogen-bond acceptors (Lipinski definition) is 5. The molecule has 2 N–H and O–H groups in total. The number of para-hydroxylation sites is 3. The predicted octanol–water partition coefficient (Wildman–Crippen LogP) is 4.49. The lowest BCUT2D eigenvalue weighted by atomic mass is 10.1. The van der Waals surface area contributed by atoms with E-state index < -0.39 is 0 Å². The number of amides is 1. The Kier molecular flexibility index (Phi) is 5.66. The zero-order valence-electron chi connectivity index (χ0n) is 15.6. The van der Waals surface area contributed by atoms with E-state index in [4.69, 9.17) is 4.74 Å². The molecule has 0 bridgehead atoms. The standard InChI is InChI=1S/C21H22N4O2/c1-4-27-18-11-6-5-10-16(18)24-21(26)17-12-19(23-13-22-17)25-20-14(2)8-7-9-15(20)3/h5-13H,4H2,1-3H3,(H,24,26)(H,22,23,25). The van der Waals surface area contributed by atoms with Crippen molar-refractivity contribution in [3.8, 4) is 5.75 Å². The largest absolute Gasteiger partial charge is 0.492 e. The van der Waals surface area contributed by atoms with Crippen LogP contribution in [0.25, 0.3) is 0 Å². The minimum absolute atomic E-state index is 0.269. The first-order valence-corrected chi connectivity index (χ1v) is 8.77. The molecular weight excluding hydrogens is 340 g/mol. The molecule has 3 rings (SSSR count). The van der Waals surface area contributed by atoms with Crippen molar-refractivity contribution in [3.63, 3.8) is 0 Å². The van der Waals surface area contributed by atoms with Crippen molar-refractivity contribution in [2.24, 2.45) is 0 Å². The first-order chi connectivity index (χ1) is 13.1. The Hall–Kier alpha value is -3.41. The summed E-state index contributed by atoms with van der Waals surface area (Å²) in [5.74, 6) is 0.857. The van der Waals surface area contributed by atoms with E-state index in [1.807, 2.05) is 57.2 Å². The second kappa shape index (κ2) is 8.31. The smallest absolute Gasteiger partial charge is 0.274 e. The van der Waals surface area contributed by atoms with E-state index in [1.54, 1.807) is 12.1 Å². The summed E-state index contributed by atoms with van der Waals surface area (Å²) in [6.07, 6.45) is 1.37. The van der Waals surface area contributed by atoms with E-state index >= 15 is 0 Å². The summed E-state index contributed by atoms with van der Waals surface area (Å²) in [5.41, 5.74) is 4.05. The normalized spacial score (nSPS) is 10.3. The van der Waals surface area contributed by atoms with Crippen LogP contribution in [0, 0.1) is 13.8 Å². The molecule has 1 amide bonds. The maximum atomic E-state index is 12.6. The van der Waals surface area contributed by atoms with Gasteiger partial charge in [0.05, 0.1) is 12.3 Å². The summed E-state index contributed by atoms with van der Waals surface area (Å²) in [5, 5.41) is 6.12. The van der Waals surface area contributed by atoms with Gasteiger partial charge in [-0.2, -0.15) is 0 Å². The van der Waals surface area contributed by atoms with Gasteiger partial charge in [0.15, 0.2) is 0 Å². The van der Waals surface area contributed by atoms with Crippen LogP contribution >= 0.6 is 0 Å². The fraction of sp³-hybridized carbons (Fsp3) is 0.190. The molecule has 1 aromatic heterocycles. The predicted molar refractivity (Wildman–Crippen MR) is 107 cm³/mol. The van der Waals surface area contributed by atoms with Gasteiger partial charge in [-0.1, -0.05) is 30.3 Å². The van der Waals surface area contributed by atoms with Gasteiger partial charge in [0.25, 0.3) is 5.91 Å². The third-order valence-electron chi connectivity index (χ3n) is 4.07. The Morgan fingerprint density at radius 3 is 2.52 bits per heavy atom. The topological polar surface area (TPSA) is 76.1 Å². The lowest BCUT2D eigenvalue weighted by Gasteiger charge is -2.13. The molecule has 0 aliphatic carbocycles. The number of aromatic nitrogens is 2. The molecule has 6 heteroatoms. The van der Waals surface area contributed by atoms with Gasteiger partial charge in [0.1, 0.15) is 23.6 Å². The Morgan fingerprint density at radius 2 is 1.78 bits per heavy atom. The average molecular weight is 362 g/mol. The fourth-order valence-electron chi connectivity index (χ4n) is 2.73. The molecule has 138 valence electrons. The molecule has 0 aliphatic rings. The van der Waals surface area contributed by atoms with Crippen LogP contribution in [0.3, 0.4) is 0 Å². The highest BCUT2D eigenvalue weighted by atomic mass is 16.5. The maximum Gasteiger partial charge on any atom is 0.274 e. The van der Waals surface area contributed by atoms with Gasteiger partial charge in [-0.05, 0) is 44.0 Å². The third kappa shape index (κ3) is 4.41. The van der Waals surface area contributed by atoms with Gasteiger partial charge in [-0.3, -0.25) is 4.79 Å². The van der Waals surface area contributed by atoms with Crippen molar-refractivity contribution in [3.05, 3.63) is 71.7 Å². The van der Waals surface area contributed by atoms with E-state index in [0.717, 1.165) is 16.8 Å². The number of aryl methyl sites for hydroxylation is 2. The minimum atomic E-state index is -0.325. The Morgan fingerprint density at radius 1 is 1.04 bits per heavy atom. The van der Waals surface area contributed by atoms with Crippen molar-refractivity contribution < 1.29 is 9.53 Å². The Bertz CT molecular complexity index is 936. The average Bonchev–Trinajstić information content (AvgIpc) is 2.67. The van der Waals surface area contributed by atoms with Crippen LogP contribution in [0.15, 0.2) is 54.9 Å². The van der Waals surface area contributed by atoms with E-state index in [1.165, 1.54) is 6.33 Å². The van der Waals surface area contributed by atoms with E-state index in [0.29, 0.717) is 23.9 Å². The molecule has 0 saturated carbocycles. The number of nitrogens with one attached hydrogen (secondary N) is 2. The van der Waals surface area contributed by atoms with E-state index in [-0.39, 0.29) is 11.6 Å². The first-order valence-electron chi connectivity index (χ1n) is 8.77. The van der Waals surface area contributed by atoms with Gasteiger partial charge in [-0.25, -0.2) is 9.97 Å². The van der Waals surface area contributed by atoms with Gasteiger partial charge in [0.2, 0.25) is 0 Å². The van der Waals surface area contributed by atoms with Crippen molar-refractivity contribution >= 4 is 23.1 Å². The number of carbonyl (C=O) groups excluding carboxylic acids is 1. The van der Waals surface area contributed by atoms with Crippen molar-refractivity contribution in [2.75, 3.05) is 17.2 Å². The first kappa shape index (κ1) is 18.4. The lowest BCUT2D eigenvalue weighted by molar-refractivity contribution is 0.102. The number of anilines is 3. The molecule has 1 heterocycles. The van der Waals surface area contributed by atoms with Crippen LogP contribution in [0.5, 0.6) is 5.75 Å². The molecule has 3 aromatic rings. The molecule has 0 spiro atoms. The fourth-order valence-corrected chi connectivity index (χ4v) is 2.73. The molecular formula is C21H22N4O2. The number of carbonyl (C=O) groups is 1. The molecule has 27 heavy (non-hydrogen) atoms. The number of ether oxygens (including phenoxy) is 1. The van der Waals surface area contributed by atoms with Gasteiger partial charge >= 0.3 is 0 Å². The van der Waals surface area contributed by atoms with Crippen molar-refractivity contribution in [1.29, 1.82) is 0 Å². The van der Waals surface area contributed by atoms with Crippen molar-refractivity contribution in [1.82, 2.24) is 9.97 Å². The minimum Gasteiger partial charge on any atom is -0.492 e. The number of rotatable bonds is 6. The highest BCUT2D eigenvalue weighted by Crippen LogP contribution is 2.25. The van der Waals surface area contributed by atoms with Crippen LogP contribution in [0.4, 0.5) is 17.2 Å². The highest BCUT2D eigenvalue weighted by molar-refractivity contribution is 6.04. The number of nitrogens with zero attached hydrogens (tertiary/aromatic N) is 2. The van der Waals surface area contributed by atoms with Crippen LogP contribution in [-0.4, -0.2) is 22.5 Å². The third-order valence-corrected chi connectivity index (χ3v) is 4.07. The molecule has 0 atom stereocenters. The Balaban J connectivity index is 1.80. The molecule has 6 nitrogen and oxygen atoms in total. The molecule has 0 radical (unpaired) electrons. The monoisotopic (exact) mass is 362 g/mol. The van der Waals surface area contributed by atoms with Crippen LogP contribution < -0.4 is 15.4 Å². The summed E-state index contributed by atoms with van der Waals surface area (Å²) < 4.78 is 5.54. The van der Waals surface area contributed by atoms with Gasteiger partial charge < -0.3 is 15.4 Å². The molecule has 0 fully saturated rings. The van der Waals surface area contributed by atoms with Crippen LogP contribution in [0.2, 0.25) is 0 Å². The molecule has 0 aliphatic heterocycles. The Labute approximate surface area is 158 Å². The quantitative estimate of drug-likeness (QED) is 0.676. The second-order valence-electron chi connectivity index (χ2n) is 6.06. The summed E-state index contributed by atoms with van der Waals surface area (Å²) in [6, 6.07) is 15.0. The zero-order chi connectivity index (χ0) is 19.2. The van der Waals surface area contributed by atoms with Gasteiger partial charge in [0, 0.05) is 11.8 Å². The number of hydrogen-bond donors (Lipinski definition) is 2. The summed E-state index contributed by atoms with van der Waals surface area (Å²) in [7, 11) is 0. The molecule has 0 unspecified atom stereocenters. The van der Waals surface area contributed by atoms with Crippen molar-refractivity contribution in [2.45, 2.75) is 20.8 Å². The van der Waals surface area contributed by atoms with E-state index in [2.05, 4.69) is 20.6 Å². The number of benzene rings is 2. The highest BCUT2D eigenvalue weighted by Gasteiger charge is 2.13. The SMILES string of the molecule is CCOc1ccccc1NC(=O)c1cc(Nc2c(C)cccc2C)ncn1. The zero-order valence-corrected chi connectivity index (χ0v) is 15.6. The summed E-state index contributed by atoms with van der Waals surface area (Å²) in [4.78, 5) is 20.9. The van der Waals surface area contributed by atoms with Crippen LogP contribution in [-0.2, 0) is 0 Å². The lowest BCUT2D eigenvalue weighted by Crippen LogP contribution is -2.15. The second-order valence-corrected chi connectivity index (χ2v) is 6.06.